The molecule has 1 N–H and O–H groups in total. The van der Waals surface area contributed by atoms with Gasteiger partial charge in [0.05, 0.1) is 30.8 Å². The highest BCUT2D eigenvalue weighted by Crippen LogP contribution is 2.30. The summed E-state index contributed by atoms with van der Waals surface area (Å²) in [6.45, 7) is 5.77. The topological polar surface area (TPSA) is 107 Å². The fourth-order valence-corrected chi connectivity index (χ4v) is 3.64. The molecule has 1 aromatic heterocycles. The molecule has 1 aliphatic rings. The van der Waals surface area contributed by atoms with E-state index >= 15 is 0 Å². The molecule has 0 spiro atoms. The van der Waals surface area contributed by atoms with Gasteiger partial charge in [-0.3, -0.25) is 9.59 Å². The van der Waals surface area contributed by atoms with E-state index in [1.54, 1.807) is 54.2 Å². The van der Waals surface area contributed by atoms with E-state index in [4.69, 9.17) is 4.74 Å². The molecule has 3 rings (SSSR count). The standard InChI is InChI=1S/C24H28N4O4/c1-15-12-28(16(2)14-29)24(31)21-9-20(19-7-5-6-18(8-19)10-25)11-26-23(21)32-22(15)13-27(4)17(3)30/h5-9,11,15-16,22,29H,12-14H2,1-4H3/t15-,16-,22-/m0/s1. The summed E-state index contributed by atoms with van der Waals surface area (Å²) in [5.41, 5.74) is 2.23. The molecule has 1 aromatic carbocycles. The van der Waals surface area contributed by atoms with Crippen molar-refractivity contribution in [2.75, 3.05) is 26.7 Å². The number of carbonyl (C=O) groups excluding carboxylic acids is 2. The summed E-state index contributed by atoms with van der Waals surface area (Å²) in [4.78, 5) is 32.9. The minimum atomic E-state index is -0.396. The van der Waals surface area contributed by atoms with Gasteiger partial charge in [-0.25, -0.2) is 4.98 Å². The van der Waals surface area contributed by atoms with Gasteiger partial charge in [-0.05, 0) is 30.7 Å². The van der Waals surface area contributed by atoms with Gasteiger partial charge in [0.15, 0.2) is 0 Å². The number of aromatic nitrogens is 1. The monoisotopic (exact) mass is 436 g/mol. The maximum absolute atomic E-state index is 13.5. The maximum atomic E-state index is 13.5. The molecule has 0 radical (unpaired) electrons. The van der Waals surface area contributed by atoms with E-state index < -0.39 is 6.04 Å². The van der Waals surface area contributed by atoms with Gasteiger partial charge in [-0.15, -0.1) is 0 Å². The molecule has 1 aliphatic heterocycles. The molecule has 0 fully saturated rings. The van der Waals surface area contributed by atoms with E-state index in [9.17, 15) is 20.0 Å². The number of pyridine rings is 1. The van der Waals surface area contributed by atoms with Gasteiger partial charge in [-0.1, -0.05) is 19.1 Å². The summed E-state index contributed by atoms with van der Waals surface area (Å²) in [5, 5.41) is 19.0. The average molecular weight is 437 g/mol. The molecule has 0 bridgehead atoms. The average Bonchev–Trinajstić information content (AvgIpc) is 2.80. The third-order valence-corrected chi connectivity index (χ3v) is 5.84. The fraction of sp³-hybridized carbons (Fsp3) is 0.417. The van der Waals surface area contributed by atoms with E-state index in [1.807, 2.05) is 13.0 Å². The molecule has 0 saturated carbocycles. The lowest BCUT2D eigenvalue weighted by molar-refractivity contribution is -0.129. The van der Waals surface area contributed by atoms with Crippen molar-refractivity contribution in [3.05, 3.63) is 47.7 Å². The predicted molar refractivity (Wildman–Crippen MR) is 119 cm³/mol. The van der Waals surface area contributed by atoms with E-state index in [0.717, 1.165) is 5.56 Å². The van der Waals surface area contributed by atoms with Gasteiger partial charge in [-0.2, -0.15) is 5.26 Å². The number of aliphatic hydroxyl groups is 1. The molecule has 168 valence electrons. The maximum Gasteiger partial charge on any atom is 0.259 e. The van der Waals surface area contributed by atoms with E-state index in [-0.39, 0.29) is 41.9 Å². The number of fused-ring (bicyclic) bond motifs is 1. The van der Waals surface area contributed by atoms with Crippen LogP contribution in [0, 0.1) is 17.2 Å². The molecule has 32 heavy (non-hydrogen) atoms. The molecule has 8 nitrogen and oxygen atoms in total. The van der Waals surface area contributed by atoms with Crippen LogP contribution in [0.3, 0.4) is 0 Å². The van der Waals surface area contributed by atoms with E-state index in [2.05, 4.69) is 11.1 Å². The van der Waals surface area contributed by atoms with Crippen LogP contribution < -0.4 is 4.74 Å². The second-order valence-corrected chi connectivity index (χ2v) is 8.29. The number of ether oxygens (including phenoxy) is 1. The van der Waals surface area contributed by atoms with Crippen LogP contribution in [-0.2, 0) is 4.79 Å². The van der Waals surface area contributed by atoms with Gasteiger partial charge in [0.2, 0.25) is 11.8 Å². The summed E-state index contributed by atoms with van der Waals surface area (Å²) in [6.07, 6.45) is 1.23. The summed E-state index contributed by atoms with van der Waals surface area (Å²) < 4.78 is 6.17. The lowest BCUT2D eigenvalue weighted by Crippen LogP contribution is -2.50. The second-order valence-electron chi connectivity index (χ2n) is 8.29. The second kappa shape index (κ2) is 9.79. The van der Waals surface area contributed by atoms with Crippen LogP contribution in [0.2, 0.25) is 0 Å². The third kappa shape index (κ3) is 4.89. The highest BCUT2D eigenvalue weighted by Gasteiger charge is 2.34. The molecule has 2 aromatic rings. The lowest BCUT2D eigenvalue weighted by atomic mass is 9.99. The fourth-order valence-electron chi connectivity index (χ4n) is 3.64. The number of amides is 2. The Labute approximate surface area is 188 Å². The van der Waals surface area contributed by atoms with E-state index in [0.29, 0.717) is 24.2 Å². The highest BCUT2D eigenvalue weighted by molar-refractivity contribution is 5.98. The van der Waals surface area contributed by atoms with Gasteiger partial charge in [0.1, 0.15) is 11.7 Å². The van der Waals surface area contributed by atoms with Crippen molar-refractivity contribution in [2.24, 2.45) is 5.92 Å². The first-order chi connectivity index (χ1) is 15.2. The van der Waals surface area contributed by atoms with Crippen LogP contribution >= 0.6 is 0 Å². The Kier molecular flexibility index (Phi) is 7.11. The number of aliphatic hydroxyl groups excluding tert-OH is 1. The van der Waals surface area contributed by atoms with Gasteiger partial charge >= 0.3 is 0 Å². The van der Waals surface area contributed by atoms with Gasteiger partial charge < -0.3 is 19.6 Å². The van der Waals surface area contributed by atoms with Crippen molar-refractivity contribution in [1.29, 1.82) is 5.26 Å². The van der Waals surface area contributed by atoms with Crippen LogP contribution in [0.15, 0.2) is 36.5 Å². The zero-order valence-electron chi connectivity index (χ0n) is 18.8. The summed E-state index contributed by atoms with van der Waals surface area (Å²) in [7, 11) is 1.70. The van der Waals surface area contributed by atoms with Crippen molar-refractivity contribution in [3.8, 4) is 23.1 Å². The minimum absolute atomic E-state index is 0.0829. The molecular formula is C24H28N4O4. The molecule has 2 heterocycles. The first-order valence-corrected chi connectivity index (χ1v) is 10.6. The number of rotatable bonds is 5. The quantitative estimate of drug-likeness (QED) is 0.771. The van der Waals surface area contributed by atoms with Crippen LogP contribution in [0.5, 0.6) is 5.88 Å². The van der Waals surface area contributed by atoms with Crippen molar-refractivity contribution < 1.29 is 19.4 Å². The number of hydrogen-bond acceptors (Lipinski definition) is 6. The summed E-state index contributed by atoms with van der Waals surface area (Å²) in [6, 6.07) is 10.5. The van der Waals surface area contributed by atoms with Gasteiger partial charge in [0.25, 0.3) is 5.91 Å². The summed E-state index contributed by atoms with van der Waals surface area (Å²) >= 11 is 0. The Bertz CT molecular complexity index is 1050. The Morgan fingerprint density at radius 1 is 1.41 bits per heavy atom. The SMILES string of the molecule is CC(=O)N(C)C[C@@H]1Oc2ncc(-c3cccc(C#N)c3)cc2C(=O)N([C@@H](C)CO)C[C@@H]1C. The number of nitrogens with zero attached hydrogens (tertiary/aromatic N) is 4. The molecule has 0 aliphatic carbocycles. The zero-order chi connectivity index (χ0) is 23.4. The van der Waals surface area contributed by atoms with Crippen molar-refractivity contribution in [3.63, 3.8) is 0 Å². The molecule has 8 heteroatoms. The van der Waals surface area contributed by atoms with Crippen LogP contribution in [-0.4, -0.2) is 70.6 Å². The number of hydrogen-bond donors (Lipinski definition) is 1. The largest absolute Gasteiger partial charge is 0.472 e. The normalized spacial score (nSPS) is 19.1. The van der Waals surface area contributed by atoms with Crippen LogP contribution in [0.4, 0.5) is 0 Å². The molecular weight excluding hydrogens is 408 g/mol. The molecule has 2 amide bonds. The summed E-state index contributed by atoms with van der Waals surface area (Å²) in [5.74, 6) is -0.270. The van der Waals surface area contributed by atoms with E-state index in [1.165, 1.54) is 6.92 Å². The Hall–Kier alpha value is -3.44. The molecule has 0 saturated heterocycles. The zero-order valence-corrected chi connectivity index (χ0v) is 18.8. The number of nitriles is 1. The van der Waals surface area contributed by atoms with Crippen molar-refractivity contribution in [2.45, 2.75) is 32.9 Å². The van der Waals surface area contributed by atoms with Crippen molar-refractivity contribution >= 4 is 11.8 Å². The third-order valence-electron chi connectivity index (χ3n) is 5.84. The smallest absolute Gasteiger partial charge is 0.259 e. The number of carbonyl (C=O) groups is 2. The Balaban J connectivity index is 2.07. The predicted octanol–water partition coefficient (Wildman–Crippen LogP) is 2.32. The highest BCUT2D eigenvalue weighted by atomic mass is 16.5. The van der Waals surface area contributed by atoms with Crippen LogP contribution in [0.25, 0.3) is 11.1 Å². The Morgan fingerprint density at radius 2 is 2.16 bits per heavy atom. The van der Waals surface area contributed by atoms with Crippen LogP contribution in [0.1, 0.15) is 36.7 Å². The first-order valence-electron chi connectivity index (χ1n) is 10.6. The number of benzene rings is 1. The molecule has 0 unspecified atom stereocenters. The lowest BCUT2D eigenvalue weighted by Gasteiger charge is -2.37. The van der Waals surface area contributed by atoms with Gasteiger partial charge in [0, 0.05) is 38.2 Å². The first kappa shape index (κ1) is 23.2. The van der Waals surface area contributed by atoms with Crippen molar-refractivity contribution in [1.82, 2.24) is 14.8 Å². The Morgan fingerprint density at radius 3 is 2.81 bits per heavy atom. The number of likely N-dealkylation sites (N-methyl/N-ethyl adjacent to an activating group) is 1. The minimum Gasteiger partial charge on any atom is -0.472 e. The molecule has 3 atom stereocenters.